The van der Waals surface area contributed by atoms with E-state index >= 15 is 0 Å². The molecule has 1 saturated carbocycles. The molecule has 2 aliphatic heterocycles. The van der Waals surface area contributed by atoms with E-state index in [1.54, 1.807) is 0 Å². The second-order valence-electron chi connectivity index (χ2n) is 34.2. The first-order valence-corrected chi connectivity index (χ1v) is 49.6. The van der Waals surface area contributed by atoms with Crippen molar-refractivity contribution in [3.05, 3.63) is 24.3 Å². The molecule has 698 valence electrons. The summed E-state index contributed by atoms with van der Waals surface area (Å²) in [6, 6.07) is 0. The Hall–Kier alpha value is -3.05. The molecule has 3 fully saturated rings. The molecule has 0 aromatic carbocycles. The van der Waals surface area contributed by atoms with Crippen LogP contribution in [0.15, 0.2) is 24.3 Å². The highest BCUT2D eigenvalue weighted by molar-refractivity contribution is 7.47. The topological polar surface area (TPSA) is 380 Å². The van der Waals surface area contributed by atoms with Crippen molar-refractivity contribution in [2.24, 2.45) is 0 Å². The molecule has 0 bridgehead atoms. The maximum Gasteiger partial charge on any atom is 0.472 e. The van der Waals surface area contributed by atoms with Gasteiger partial charge in [-0.3, -0.25) is 28.2 Å². The zero-order valence-corrected chi connectivity index (χ0v) is 75.3. The van der Waals surface area contributed by atoms with Crippen LogP contribution in [0.1, 0.15) is 413 Å². The van der Waals surface area contributed by atoms with Crippen LogP contribution in [0.5, 0.6) is 0 Å². The number of rotatable bonds is 78. The van der Waals surface area contributed by atoms with Crippen LogP contribution < -0.4 is 0 Å². The van der Waals surface area contributed by atoms with Gasteiger partial charge in [0.2, 0.25) is 0 Å². The van der Waals surface area contributed by atoms with Gasteiger partial charge in [0.25, 0.3) is 0 Å². The van der Waals surface area contributed by atoms with Gasteiger partial charge in [-0.15, -0.1) is 0 Å². The lowest BCUT2D eigenvalue weighted by Gasteiger charge is -2.50. The van der Waals surface area contributed by atoms with E-state index in [0.717, 1.165) is 161 Å². The van der Waals surface area contributed by atoms with Crippen molar-refractivity contribution in [1.29, 1.82) is 0 Å². The average Bonchev–Trinajstić information content (AvgIpc) is 0.754. The number of unbranched alkanes of at least 4 members (excludes halogenated alkanes) is 50. The second kappa shape index (κ2) is 72.0. The van der Waals surface area contributed by atoms with Crippen LogP contribution in [0.25, 0.3) is 0 Å². The van der Waals surface area contributed by atoms with Crippen molar-refractivity contribution in [2.45, 2.75) is 517 Å². The van der Waals surface area contributed by atoms with Crippen LogP contribution in [0, 0.1) is 0 Å². The number of allylic oxidation sites excluding steroid dienone is 4. The molecule has 1 aliphatic carbocycles. The fourth-order valence-corrected chi connectivity index (χ4v) is 16.7. The molecule has 3 rings (SSSR count). The molecular weight excluding hydrogens is 1550 g/mol. The van der Waals surface area contributed by atoms with Gasteiger partial charge in [-0.05, 0) is 77.0 Å². The van der Waals surface area contributed by atoms with Gasteiger partial charge in [0.1, 0.15) is 92.6 Å². The summed E-state index contributed by atoms with van der Waals surface area (Å²) in [6.45, 7) is 5.60. The van der Waals surface area contributed by atoms with Crippen LogP contribution in [0.3, 0.4) is 0 Å². The van der Waals surface area contributed by atoms with Crippen LogP contribution in [-0.4, -0.2) is 205 Å². The molecule has 18 unspecified atom stereocenters. The van der Waals surface area contributed by atoms with Crippen molar-refractivity contribution in [3.63, 3.8) is 0 Å². The van der Waals surface area contributed by atoms with Crippen molar-refractivity contribution in [2.75, 3.05) is 26.4 Å². The first kappa shape index (κ1) is 110. The van der Waals surface area contributed by atoms with E-state index in [-0.39, 0.29) is 25.7 Å². The summed E-state index contributed by atoms with van der Waals surface area (Å²) in [5, 5.41) is 102. The molecule has 3 aliphatic rings. The van der Waals surface area contributed by atoms with E-state index in [9.17, 15) is 74.6 Å². The number of carbonyl (C=O) groups excluding carboxylic acids is 4. The number of esters is 4. The van der Waals surface area contributed by atoms with Gasteiger partial charge in [0.15, 0.2) is 24.8 Å². The highest BCUT2D eigenvalue weighted by Gasteiger charge is 2.60. The Morgan fingerprint density at radius 3 is 1.01 bits per heavy atom. The van der Waals surface area contributed by atoms with E-state index < -0.39 is 162 Å². The van der Waals surface area contributed by atoms with Crippen molar-refractivity contribution >= 4 is 31.7 Å². The van der Waals surface area contributed by atoms with Crippen LogP contribution in [0.4, 0.5) is 0 Å². The zero-order chi connectivity index (χ0) is 86.8. The number of phosphoric acid groups is 1. The normalized spacial score (nSPS) is 24.9. The fraction of sp³-hybridized carbons (Fsp3) is 0.914. The molecule has 119 heavy (non-hydrogen) atoms. The van der Waals surface area contributed by atoms with Crippen LogP contribution in [0.2, 0.25) is 0 Å². The van der Waals surface area contributed by atoms with Gasteiger partial charge >= 0.3 is 31.7 Å². The number of aliphatic hydroxyl groups excluding tert-OH is 9. The molecule has 10 N–H and O–H groups in total. The number of hydrogen-bond donors (Lipinski definition) is 10. The van der Waals surface area contributed by atoms with Gasteiger partial charge in [0, 0.05) is 25.7 Å². The predicted molar refractivity (Wildman–Crippen MR) is 463 cm³/mol. The minimum Gasteiger partial charge on any atom is -0.463 e. The Balaban J connectivity index is 1.91. The summed E-state index contributed by atoms with van der Waals surface area (Å²) < 4.78 is 73.5. The molecule has 2 saturated heterocycles. The molecular formula is C93H171O25P. The summed E-state index contributed by atoms with van der Waals surface area (Å²) in [6.07, 6.45) is 32.9. The summed E-state index contributed by atoms with van der Waals surface area (Å²) in [7, 11) is -5.81. The lowest BCUT2D eigenvalue weighted by Crippen LogP contribution is -2.70. The van der Waals surface area contributed by atoms with E-state index in [1.807, 2.05) is 0 Å². The van der Waals surface area contributed by atoms with Crippen LogP contribution >= 0.6 is 7.82 Å². The standard InChI is InChI=1S/C93H171O25P/c1-5-9-13-17-21-25-29-33-37-41-45-49-53-57-61-65-76(95)109-70-73(112-78(97)67-63-59-55-51-47-43-39-35-31-27-23-19-15-11-7-3)71-111-119(107,108)118-91-89(116-92-86(105)82(101)80(99)74(69-94)113-92)85(104)84(103)88(115-79(98)68-64-60-56-52-48-44-40-36-32-28-24-20-16-12-8-4)90(91)117-93-87(106)83(102)81(100)75(114-93)72-110-77(96)66-62-58-54-50-46-42-38-34-30-26-22-18-14-10-6-2/h25,28-29,32,73-75,80-94,99-106H,5-24,26-27,30-31,33-72H2,1-4H3,(H,107,108)/b29-25-,32-28-. The van der Waals surface area contributed by atoms with Crippen LogP contribution in [-0.2, 0) is 70.7 Å². The third kappa shape index (κ3) is 52.0. The Labute approximate surface area is 717 Å². The fourth-order valence-electron chi connectivity index (χ4n) is 15.8. The minimum atomic E-state index is -5.81. The smallest absolute Gasteiger partial charge is 0.463 e. The molecule has 0 aromatic heterocycles. The third-order valence-electron chi connectivity index (χ3n) is 23.4. The molecule has 0 aromatic rings. The second-order valence-corrected chi connectivity index (χ2v) is 35.6. The molecule has 0 radical (unpaired) electrons. The maximum atomic E-state index is 14.9. The van der Waals surface area contributed by atoms with Gasteiger partial charge in [0.05, 0.1) is 13.2 Å². The molecule has 26 heteroatoms. The average molecular weight is 1720 g/mol. The number of carbonyl (C=O) groups is 4. The van der Waals surface area contributed by atoms with E-state index in [1.165, 1.54) is 167 Å². The predicted octanol–water partition coefficient (Wildman–Crippen LogP) is 18.1. The van der Waals surface area contributed by atoms with Gasteiger partial charge in [-0.1, -0.05) is 335 Å². The van der Waals surface area contributed by atoms with E-state index in [2.05, 4.69) is 52.0 Å². The van der Waals surface area contributed by atoms with Gasteiger partial charge < -0.3 is 88.7 Å². The Kier molecular flexibility index (Phi) is 66.7. The van der Waals surface area contributed by atoms with E-state index in [4.69, 9.17) is 46.9 Å². The summed E-state index contributed by atoms with van der Waals surface area (Å²) in [5.41, 5.74) is 0. The van der Waals surface area contributed by atoms with Crippen molar-refractivity contribution in [1.82, 2.24) is 0 Å². The minimum absolute atomic E-state index is 0.0172. The number of aliphatic hydroxyl groups is 9. The largest absolute Gasteiger partial charge is 0.472 e. The zero-order valence-electron chi connectivity index (χ0n) is 74.4. The molecule has 0 spiro atoms. The summed E-state index contributed by atoms with van der Waals surface area (Å²) >= 11 is 0. The molecule has 25 nitrogen and oxygen atoms in total. The Morgan fingerprint density at radius 1 is 0.328 bits per heavy atom. The first-order chi connectivity index (χ1) is 57.7. The number of ether oxygens (including phenoxy) is 8. The maximum absolute atomic E-state index is 14.9. The quantitative estimate of drug-likeness (QED) is 0.00889. The van der Waals surface area contributed by atoms with Gasteiger partial charge in [-0.2, -0.15) is 0 Å². The monoisotopic (exact) mass is 1720 g/mol. The molecule has 2 heterocycles. The summed E-state index contributed by atoms with van der Waals surface area (Å²) in [4.78, 5) is 66.5. The third-order valence-corrected chi connectivity index (χ3v) is 24.4. The number of hydrogen-bond acceptors (Lipinski definition) is 24. The molecule has 18 atom stereocenters. The lowest BCUT2D eigenvalue weighted by atomic mass is 9.84. The van der Waals surface area contributed by atoms with Crippen molar-refractivity contribution < 1.29 is 122 Å². The molecule has 0 amide bonds. The first-order valence-electron chi connectivity index (χ1n) is 48.1. The Bertz CT molecular complexity index is 2570. The number of phosphoric ester groups is 1. The highest BCUT2D eigenvalue weighted by Crippen LogP contribution is 2.49. The van der Waals surface area contributed by atoms with E-state index in [0.29, 0.717) is 32.1 Å². The summed E-state index contributed by atoms with van der Waals surface area (Å²) in [5.74, 6) is -2.96. The van der Waals surface area contributed by atoms with Gasteiger partial charge in [-0.25, -0.2) is 4.57 Å². The van der Waals surface area contributed by atoms with Crippen molar-refractivity contribution in [3.8, 4) is 0 Å². The SMILES string of the molecule is CCCCCC/C=C\CCCCCCCCCC(=O)OCC(COP(=O)(O)OC1C(OC2OC(CO)C(O)C(O)C2O)C(O)C(O)C(OC(=O)CCCCCCCCC/C=C\CCCCCC)C1OC1OC(COC(=O)CCCCCCCCCCCCCCCCC)C(O)C(O)C1O)OC(=O)CCCCCCCCCCCCCCCCC. The lowest BCUT2D eigenvalue weighted by molar-refractivity contribution is -0.360. The highest BCUT2D eigenvalue weighted by atomic mass is 31.2. The Morgan fingerprint density at radius 2 is 0.630 bits per heavy atom.